The molecule has 0 aromatic heterocycles. The van der Waals surface area contributed by atoms with E-state index in [-0.39, 0.29) is 16.6 Å². The molecule has 5 nitrogen and oxygen atoms in total. The summed E-state index contributed by atoms with van der Waals surface area (Å²) in [5.41, 5.74) is -0.668. The number of ether oxygens (including phenoxy) is 1. The Hall–Kier alpha value is -1.34. The van der Waals surface area contributed by atoms with E-state index in [4.69, 9.17) is 16.3 Å². The predicted molar refractivity (Wildman–Crippen MR) is 92.8 cm³/mol. The van der Waals surface area contributed by atoms with Crippen molar-refractivity contribution in [2.75, 3.05) is 13.1 Å². The van der Waals surface area contributed by atoms with E-state index >= 15 is 0 Å². The lowest BCUT2D eigenvalue weighted by Crippen LogP contribution is -2.40. The van der Waals surface area contributed by atoms with Crippen LogP contribution in [-0.2, 0) is 4.74 Å². The van der Waals surface area contributed by atoms with Gasteiger partial charge in [0.25, 0.3) is 5.91 Å². The zero-order chi connectivity index (χ0) is 18.1. The van der Waals surface area contributed by atoms with Crippen molar-refractivity contribution in [2.24, 2.45) is 0 Å². The van der Waals surface area contributed by atoms with Gasteiger partial charge in [0.05, 0.1) is 10.6 Å². The third-order valence-corrected chi connectivity index (χ3v) is 4.63. The molecule has 1 saturated heterocycles. The second kappa shape index (κ2) is 7.27. The van der Waals surface area contributed by atoms with Gasteiger partial charge in [0.15, 0.2) is 0 Å². The molecule has 1 aliphatic heterocycles. The van der Waals surface area contributed by atoms with Crippen LogP contribution in [0.2, 0.25) is 5.02 Å². The van der Waals surface area contributed by atoms with E-state index in [1.165, 1.54) is 11.0 Å². The van der Waals surface area contributed by atoms with E-state index in [9.17, 15) is 14.0 Å². The lowest BCUT2D eigenvalue weighted by molar-refractivity contribution is 0.0290. The van der Waals surface area contributed by atoms with Crippen molar-refractivity contribution in [3.63, 3.8) is 0 Å². The summed E-state index contributed by atoms with van der Waals surface area (Å²) in [5, 5.41) is 2.93. The van der Waals surface area contributed by atoms with Gasteiger partial charge in [-0.3, -0.25) is 4.79 Å². The van der Waals surface area contributed by atoms with E-state index in [0.29, 0.717) is 24.0 Å². The van der Waals surface area contributed by atoms with Crippen LogP contribution < -0.4 is 5.32 Å². The van der Waals surface area contributed by atoms with Crippen LogP contribution in [0.25, 0.3) is 0 Å². The number of hydrogen-bond acceptors (Lipinski definition) is 3. The molecule has 0 radical (unpaired) electrons. The second-order valence-corrected chi connectivity index (χ2v) is 7.89. The number of benzene rings is 1. The summed E-state index contributed by atoms with van der Waals surface area (Å²) in [6.45, 7) is 6.19. The summed E-state index contributed by atoms with van der Waals surface area (Å²) in [6, 6.07) is 2.18. The molecule has 0 saturated carbocycles. The van der Waals surface area contributed by atoms with Crippen molar-refractivity contribution < 1.29 is 18.7 Å². The molecular weight excluding hydrogens is 403 g/mol. The molecule has 0 aliphatic carbocycles. The molecule has 1 aromatic rings. The van der Waals surface area contributed by atoms with Crippen LogP contribution in [0.1, 0.15) is 37.6 Å². The minimum absolute atomic E-state index is 0.0954. The molecular formula is C16H19BrClFN2O3. The van der Waals surface area contributed by atoms with Crippen LogP contribution in [0.3, 0.4) is 0 Å². The molecule has 132 valence electrons. The minimum atomic E-state index is -0.692. The fourth-order valence-corrected chi connectivity index (χ4v) is 2.82. The highest BCUT2D eigenvalue weighted by Gasteiger charge is 2.31. The Balaban J connectivity index is 1.97. The highest BCUT2D eigenvalue weighted by Crippen LogP contribution is 2.26. The molecule has 0 spiro atoms. The highest BCUT2D eigenvalue weighted by molar-refractivity contribution is 9.10. The predicted octanol–water partition coefficient (Wildman–Crippen LogP) is 3.98. The minimum Gasteiger partial charge on any atom is -0.444 e. The number of nitrogens with zero attached hydrogens (tertiary/aromatic N) is 1. The summed E-state index contributed by atoms with van der Waals surface area (Å²) in [4.78, 5) is 25.8. The SMILES string of the molecule is CC(C)(C)OC(=O)N1CCC(NC(=O)c2cc(Br)c(Cl)cc2F)C1. The molecule has 1 fully saturated rings. The zero-order valence-corrected chi connectivity index (χ0v) is 16.0. The van der Waals surface area contributed by atoms with Crippen molar-refractivity contribution >= 4 is 39.5 Å². The maximum atomic E-state index is 13.9. The van der Waals surface area contributed by atoms with Gasteiger partial charge in [0.1, 0.15) is 11.4 Å². The molecule has 2 amide bonds. The molecule has 1 heterocycles. The number of halogens is 3. The highest BCUT2D eigenvalue weighted by atomic mass is 79.9. The van der Waals surface area contributed by atoms with Crippen molar-refractivity contribution in [2.45, 2.75) is 38.8 Å². The quantitative estimate of drug-likeness (QED) is 0.735. The summed E-state index contributed by atoms with van der Waals surface area (Å²) >= 11 is 8.96. The smallest absolute Gasteiger partial charge is 0.410 e. The van der Waals surface area contributed by atoms with Crippen molar-refractivity contribution in [1.29, 1.82) is 0 Å². The Kier molecular flexibility index (Phi) is 5.75. The largest absolute Gasteiger partial charge is 0.444 e. The molecule has 1 aliphatic rings. The van der Waals surface area contributed by atoms with Crippen molar-refractivity contribution in [1.82, 2.24) is 10.2 Å². The fraction of sp³-hybridized carbons (Fsp3) is 0.500. The Labute approximate surface area is 153 Å². The van der Waals surface area contributed by atoms with E-state index < -0.39 is 23.4 Å². The number of carbonyl (C=O) groups excluding carboxylic acids is 2. The van der Waals surface area contributed by atoms with E-state index in [1.54, 1.807) is 20.8 Å². The van der Waals surface area contributed by atoms with Crippen molar-refractivity contribution in [3.05, 3.63) is 33.0 Å². The van der Waals surface area contributed by atoms with Gasteiger partial charge in [-0.25, -0.2) is 9.18 Å². The summed E-state index contributed by atoms with van der Waals surface area (Å²) in [7, 11) is 0. The first-order valence-corrected chi connectivity index (χ1v) is 8.67. The van der Waals surface area contributed by atoms with Crippen LogP contribution in [-0.4, -0.2) is 41.6 Å². The van der Waals surface area contributed by atoms with Crippen LogP contribution in [0.15, 0.2) is 16.6 Å². The van der Waals surface area contributed by atoms with Crippen LogP contribution in [0.4, 0.5) is 9.18 Å². The maximum Gasteiger partial charge on any atom is 0.410 e. The van der Waals surface area contributed by atoms with E-state index in [0.717, 1.165) is 6.07 Å². The van der Waals surface area contributed by atoms with Gasteiger partial charge in [-0.05, 0) is 55.3 Å². The fourth-order valence-electron chi connectivity index (χ4n) is 2.33. The first kappa shape index (κ1) is 19.0. The monoisotopic (exact) mass is 420 g/mol. The lowest BCUT2D eigenvalue weighted by Gasteiger charge is -2.24. The van der Waals surface area contributed by atoms with Crippen LogP contribution in [0, 0.1) is 5.82 Å². The Bertz CT molecular complexity index is 663. The number of nitrogens with one attached hydrogen (secondary N) is 1. The van der Waals surface area contributed by atoms with Gasteiger partial charge < -0.3 is 15.0 Å². The first-order valence-electron chi connectivity index (χ1n) is 7.50. The second-order valence-electron chi connectivity index (χ2n) is 6.63. The third kappa shape index (κ3) is 4.83. The zero-order valence-electron chi connectivity index (χ0n) is 13.7. The van der Waals surface area contributed by atoms with Crippen LogP contribution >= 0.6 is 27.5 Å². The van der Waals surface area contributed by atoms with Gasteiger partial charge in [0.2, 0.25) is 0 Å². The van der Waals surface area contributed by atoms with Gasteiger partial charge >= 0.3 is 6.09 Å². The third-order valence-electron chi connectivity index (χ3n) is 3.43. The molecule has 1 atom stereocenters. The topological polar surface area (TPSA) is 58.6 Å². The Morgan fingerprint density at radius 1 is 1.42 bits per heavy atom. The van der Waals surface area contributed by atoms with Gasteiger partial charge in [0, 0.05) is 23.6 Å². The summed E-state index contributed by atoms with van der Waals surface area (Å²) in [6.07, 6.45) is 0.168. The van der Waals surface area contributed by atoms with Gasteiger partial charge in [-0.15, -0.1) is 0 Å². The molecule has 8 heteroatoms. The number of likely N-dealkylation sites (tertiary alicyclic amines) is 1. The Morgan fingerprint density at radius 3 is 2.71 bits per heavy atom. The van der Waals surface area contributed by atoms with Gasteiger partial charge in [-0.2, -0.15) is 0 Å². The summed E-state index contributed by atoms with van der Waals surface area (Å²) in [5.74, 6) is -1.23. The molecule has 1 aromatic carbocycles. The molecule has 24 heavy (non-hydrogen) atoms. The van der Waals surface area contributed by atoms with E-state index in [2.05, 4.69) is 21.2 Å². The standard InChI is InChI=1S/C16H19BrClFN2O3/c1-16(2,3)24-15(23)21-5-4-9(8-21)20-14(22)10-6-11(17)12(18)7-13(10)19/h6-7,9H,4-5,8H2,1-3H3,(H,20,22). The number of rotatable bonds is 2. The lowest BCUT2D eigenvalue weighted by atomic mass is 10.1. The Morgan fingerprint density at radius 2 is 2.08 bits per heavy atom. The molecule has 2 rings (SSSR count). The first-order chi connectivity index (χ1) is 11.1. The average molecular weight is 422 g/mol. The maximum absolute atomic E-state index is 13.9. The molecule has 1 N–H and O–H groups in total. The molecule has 1 unspecified atom stereocenters. The van der Waals surface area contributed by atoms with E-state index in [1.807, 2.05) is 0 Å². The number of hydrogen-bond donors (Lipinski definition) is 1. The van der Waals surface area contributed by atoms with Crippen LogP contribution in [0.5, 0.6) is 0 Å². The number of carbonyl (C=O) groups is 2. The molecule has 0 bridgehead atoms. The number of amides is 2. The van der Waals surface area contributed by atoms with Crippen molar-refractivity contribution in [3.8, 4) is 0 Å². The van der Waals surface area contributed by atoms with Gasteiger partial charge in [-0.1, -0.05) is 11.6 Å². The normalized spacial score (nSPS) is 17.8. The average Bonchev–Trinajstić information content (AvgIpc) is 2.89. The summed E-state index contributed by atoms with van der Waals surface area (Å²) < 4.78 is 19.6.